The van der Waals surface area contributed by atoms with Crippen molar-refractivity contribution >= 4 is 0 Å². The Hall–Kier alpha value is -1.33. The van der Waals surface area contributed by atoms with Crippen LogP contribution in [0, 0.1) is 17.2 Å². The molecule has 0 bridgehead atoms. The normalized spacial score (nSPS) is 16.1. The molecular weight excluding hydrogens is 198 g/mol. The van der Waals surface area contributed by atoms with E-state index in [1.165, 1.54) is 0 Å². The van der Waals surface area contributed by atoms with Crippen LogP contribution in [0.1, 0.15) is 38.7 Å². The third kappa shape index (κ3) is 2.43. The maximum atomic E-state index is 10.7. The van der Waals surface area contributed by atoms with Gasteiger partial charge in [0.05, 0.1) is 12.0 Å². The number of benzene rings is 1. The molecule has 0 saturated heterocycles. The van der Waals surface area contributed by atoms with Crippen LogP contribution in [0.15, 0.2) is 30.3 Å². The Morgan fingerprint density at radius 1 is 1.31 bits per heavy atom. The monoisotopic (exact) mass is 217 g/mol. The van der Waals surface area contributed by atoms with Crippen LogP contribution < -0.4 is 0 Å². The van der Waals surface area contributed by atoms with E-state index in [9.17, 15) is 5.11 Å². The summed E-state index contributed by atoms with van der Waals surface area (Å²) in [6.45, 7) is 3.97. The van der Waals surface area contributed by atoms with Gasteiger partial charge in [-0.2, -0.15) is 5.26 Å². The van der Waals surface area contributed by atoms with Crippen LogP contribution in [0.3, 0.4) is 0 Å². The van der Waals surface area contributed by atoms with Crippen molar-refractivity contribution in [1.29, 1.82) is 5.26 Å². The smallest absolute Gasteiger partial charge is 0.105 e. The summed E-state index contributed by atoms with van der Waals surface area (Å²) in [7, 11) is 0. The predicted molar refractivity (Wildman–Crippen MR) is 64.6 cm³/mol. The molecule has 0 radical (unpaired) electrons. The van der Waals surface area contributed by atoms with Gasteiger partial charge in [0, 0.05) is 0 Å². The van der Waals surface area contributed by atoms with Crippen LogP contribution in [-0.2, 0) is 5.60 Å². The van der Waals surface area contributed by atoms with Crippen LogP contribution >= 0.6 is 0 Å². The molecule has 2 unspecified atom stereocenters. The van der Waals surface area contributed by atoms with E-state index in [0.717, 1.165) is 12.0 Å². The van der Waals surface area contributed by atoms with Crippen LogP contribution in [0.4, 0.5) is 0 Å². The second-order valence-electron chi connectivity index (χ2n) is 4.13. The molecule has 0 aliphatic carbocycles. The van der Waals surface area contributed by atoms with E-state index >= 15 is 0 Å². The second-order valence-corrected chi connectivity index (χ2v) is 4.13. The minimum atomic E-state index is -1.00. The van der Waals surface area contributed by atoms with Gasteiger partial charge in [-0.25, -0.2) is 0 Å². The lowest BCUT2D eigenvalue weighted by molar-refractivity contribution is -0.0133. The molecule has 1 aromatic rings. The van der Waals surface area contributed by atoms with Crippen molar-refractivity contribution < 1.29 is 5.11 Å². The first-order valence-corrected chi connectivity index (χ1v) is 5.86. The number of hydrogen-bond donors (Lipinski definition) is 1. The Kier molecular flexibility index (Phi) is 4.52. The molecule has 2 nitrogen and oxygen atoms in total. The first kappa shape index (κ1) is 12.7. The van der Waals surface area contributed by atoms with Crippen molar-refractivity contribution in [2.24, 2.45) is 5.92 Å². The largest absolute Gasteiger partial charge is 0.384 e. The number of aliphatic hydroxyl groups is 1. The SMILES string of the molecule is CCCC(O)(c1ccccc1)C(C#N)CC. The van der Waals surface area contributed by atoms with Crippen molar-refractivity contribution in [3.8, 4) is 6.07 Å². The van der Waals surface area contributed by atoms with Crippen molar-refractivity contribution in [2.75, 3.05) is 0 Å². The third-order valence-electron chi connectivity index (χ3n) is 3.05. The van der Waals surface area contributed by atoms with Gasteiger partial charge in [0.25, 0.3) is 0 Å². The zero-order valence-corrected chi connectivity index (χ0v) is 9.98. The summed E-state index contributed by atoms with van der Waals surface area (Å²) in [4.78, 5) is 0. The minimum Gasteiger partial charge on any atom is -0.384 e. The molecule has 16 heavy (non-hydrogen) atoms. The number of hydrogen-bond acceptors (Lipinski definition) is 2. The van der Waals surface area contributed by atoms with E-state index in [-0.39, 0.29) is 5.92 Å². The molecule has 0 aliphatic heterocycles. The zero-order chi connectivity index (χ0) is 12.0. The van der Waals surface area contributed by atoms with Gasteiger partial charge in [-0.1, -0.05) is 50.6 Å². The Bertz CT molecular complexity index is 355. The maximum absolute atomic E-state index is 10.7. The van der Waals surface area contributed by atoms with Gasteiger partial charge < -0.3 is 5.11 Å². The predicted octanol–water partition coefficient (Wildman–Crippen LogP) is 3.22. The van der Waals surface area contributed by atoms with Gasteiger partial charge in [0.1, 0.15) is 5.60 Å². The quantitative estimate of drug-likeness (QED) is 0.823. The van der Waals surface area contributed by atoms with Gasteiger partial charge in [0.2, 0.25) is 0 Å². The van der Waals surface area contributed by atoms with Crippen LogP contribution in [0.2, 0.25) is 0 Å². The minimum absolute atomic E-state index is 0.338. The summed E-state index contributed by atoms with van der Waals surface area (Å²) in [5.74, 6) is -0.338. The van der Waals surface area contributed by atoms with E-state index in [0.29, 0.717) is 12.8 Å². The first-order valence-electron chi connectivity index (χ1n) is 5.86. The Morgan fingerprint density at radius 2 is 1.94 bits per heavy atom. The summed E-state index contributed by atoms with van der Waals surface area (Å²) >= 11 is 0. The second kappa shape index (κ2) is 5.67. The molecule has 0 saturated carbocycles. The van der Waals surface area contributed by atoms with Gasteiger partial charge in [0.15, 0.2) is 0 Å². The Balaban J connectivity index is 3.11. The molecule has 0 heterocycles. The molecular formula is C14H19NO. The van der Waals surface area contributed by atoms with Gasteiger partial charge in [-0.15, -0.1) is 0 Å². The molecule has 1 rings (SSSR count). The van der Waals surface area contributed by atoms with Crippen LogP contribution in [0.5, 0.6) is 0 Å². The highest BCUT2D eigenvalue weighted by Gasteiger charge is 2.36. The maximum Gasteiger partial charge on any atom is 0.105 e. The average molecular weight is 217 g/mol. The topological polar surface area (TPSA) is 44.0 Å². The van der Waals surface area contributed by atoms with E-state index in [1.54, 1.807) is 0 Å². The lowest BCUT2D eigenvalue weighted by Gasteiger charge is -2.32. The summed E-state index contributed by atoms with van der Waals surface area (Å²) in [6.07, 6.45) is 2.16. The number of rotatable bonds is 5. The van der Waals surface area contributed by atoms with E-state index < -0.39 is 5.60 Å². The van der Waals surface area contributed by atoms with E-state index in [4.69, 9.17) is 5.26 Å². The molecule has 0 fully saturated rings. The highest BCUT2D eigenvalue weighted by atomic mass is 16.3. The summed E-state index contributed by atoms with van der Waals surface area (Å²) in [5, 5.41) is 19.9. The fourth-order valence-corrected chi connectivity index (χ4v) is 2.16. The van der Waals surface area contributed by atoms with E-state index in [2.05, 4.69) is 6.07 Å². The summed E-state index contributed by atoms with van der Waals surface area (Å²) in [5.41, 5.74) is -0.148. The van der Waals surface area contributed by atoms with E-state index in [1.807, 2.05) is 44.2 Å². The Morgan fingerprint density at radius 3 is 2.38 bits per heavy atom. The zero-order valence-electron chi connectivity index (χ0n) is 9.98. The Labute approximate surface area is 97.5 Å². The lowest BCUT2D eigenvalue weighted by atomic mass is 9.77. The lowest BCUT2D eigenvalue weighted by Crippen LogP contribution is -2.34. The molecule has 2 atom stereocenters. The highest BCUT2D eigenvalue weighted by molar-refractivity contribution is 5.25. The third-order valence-corrected chi connectivity index (χ3v) is 3.05. The summed E-state index contributed by atoms with van der Waals surface area (Å²) < 4.78 is 0. The molecule has 86 valence electrons. The highest BCUT2D eigenvalue weighted by Crippen LogP contribution is 2.35. The number of nitriles is 1. The standard InChI is InChI=1S/C14H19NO/c1-3-10-14(16,12(4-2)11-15)13-8-6-5-7-9-13/h5-9,12,16H,3-4,10H2,1-2H3. The molecule has 1 N–H and O–H groups in total. The molecule has 0 aromatic heterocycles. The van der Waals surface area contributed by atoms with Crippen molar-refractivity contribution in [3.63, 3.8) is 0 Å². The summed E-state index contributed by atoms with van der Waals surface area (Å²) in [6, 6.07) is 11.7. The van der Waals surface area contributed by atoms with Crippen LogP contribution in [0.25, 0.3) is 0 Å². The fourth-order valence-electron chi connectivity index (χ4n) is 2.16. The van der Waals surface area contributed by atoms with Crippen molar-refractivity contribution in [3.05, 3.63) is 35.9 Å². The molecule has 0 amide bonds. The average Bonchev–Trinajstić information content (AvgIpc) is 2.32. The van der Waals surface area contributed by atoms with Crippen LogP contribution in [-0.4, -0.2) is 5.11 Å². The van der Waals surface area contributed by atoms with Gasteiger partial charge >= 0.3 is 0 Å². The van der Waals surface area contributed by atoms with Gasteiger partial charge in [-0.05, 0) is 18.4 Å². The van der Waals surface area contributed by atoms with Crippen molar-refractivity contribution in [2.45, 2.75) is 38.7 Å². The fraction of sp³-hybridized carbons (Fsp3) is 0.500. The molecule has 0 spiro atoms. The molecule has 0 aliphatic rings. The van der Waals surface area contributed by atoms with Gasteiger partial charge in [-0.3, -0.25) is 0 Å². The molecule has 2 heteroatoms. The van der Waals surface area contributed by atoms with Crippen molar-refractivity contribution in [1.82, 2.24) is 0 Å². The number of nitrogens with zero attached hydrogens (tertiary/aromatic N) is 1. The molecule has 1 aromatic carbocycles. The first-order chi connectivity index (χ1) is 7.69.